The highest BCUT2D eigenvalue weighted by Crippen LogP contribution is 2.25. The van der Waals surface area contributed by atoms with E-state index in [2.05, 4.69) is 22.1 Å². The molecule has 1 saturated heterocycles. The van der Waals surface area contributed by atoms with Crippen LogP contribution in [0.15, 0.2) is 52.1 Å². The van der Waals surface area contributed by atoms with E-state index in [9.17, 15) is 4.79 Å². The average molecular weight is 294 g/mol. The Labute approximate surface area is 120 Å². The number of hydrogen-bond acceptors (Lipinski definition) is 4. The van der Waals surface area contributed by atoms with E-state index in [1.54, 1.807) is 6.21 Å². The van der Waals surface area contributed by atoms with Gasteiger partial charge in [0.15, 0.2) is 5.17 Å². The maximum atomic E-state index is 11.6. The SMILES string of the molecule is C=C(Cl)CC1S/C(=N\N=C\c2ccccc2)NC1=O. The van der Waals surface area contributed by atoms with E-state index in [-0.39, 0.29) is 11.2 Å². The Bertz CT molecular complexity index is 542. The minimum Gasteiger partial charge on any atom is -0.303 e. The maximum Gasteiger partial charge on any atom is 0.239 e. The molecule has 4 nitrogen and oxygen atoms in total. The van der Waals surface area contributed by atoms with Crippen LogP contribution in [0.5, 0.6) is 0 Å². The lowest BCUT2D eigenvalue weighted by atomic mass is 10.2. The summed E-state index contributed by atoms with van der Waals surface area (Å²) in [6, 6.07) is 9.61. The van der Waals surface area contributed by atoms with Crippen LogP contribution in [0.4, 0.5) is 0 Å². The molecule has 0 aromatic heterocycles. The van der Waals surface area contributed by atoms with Gasteiger partial charge in [-0.05, 0) is 5.56 Å². The van der Waals surface area contributed by atoms with Crippen LogP contribution < -0.4 is 5.32 Å². The molecule has 1 aliphatic heterocycles. The number of amides is 1. The Kier molecular flexibility index (Phi) is 4.76. The molecule has 19 heavy (non-hydrogen) atoms. The van der Waals surface area contributed by atoms with Gasteiger partial charge in [0.25, 0.3) is 0 Å². The molecular weight excluding hydrogens is 282 g/mol. The van der Waals surface area contributed by atoms with Gasteiger partial charge < -0.3 is 5.32 Å². The van der Waals surface area contributed by atoms with Crippen molar-refractivity contribution in [3.8, 4) is 0 Å². The van der Waals surface area contributed by atoms with Gasteiger partial charge >= 0.3 is 0 Å². The van der Waals surface area contributed by atoms with E-state index in [4.69, 9.17) is 11.6 Å². The molecule has 0 saturated carbocycles. The number of amidine groups is 1. The lowest BCUT2D eigenvalue weighted by Gasteiger charge is -2.00. The highest BCUT2D eigenvalue weighted by atomic mass is 35.5. The molecule has 1 aliphatic rings. The van der Waals surface area contributed by atoms with Gasteiger partial charge in [0.2, 0.25) is 5.91 Å². The van der Waals surface area contributed by atoms with Crippen LogP contribution in [0.25, 0.3) is 0 Å². The third-order valence-corrected chi connectivity index (χ3v) is 3.56. The van der Waals surface area contributed by atoms with Crippen molar-refractivity contribution in [3.05, 3.63) is 47.5 Å². The highest BCUT2D eigenvalue weighted by Gasteiger charge is 2.30. The van der Waals surface area contributed by atoms with Gasteiger partial charge in [-0.15, -0.1) is 5.10 Å². The van der Waals surface area contributed by atoms with Crippen LogP contribution in [-0.2, 0) is 4.79 Å². The molecule has 1 aromatic carbocycles. The molecule has 98 valence electrons. The quantitative estimate of drug-likeness (QED) is 0.685. The smallest absolute Gasteiger partial charge is 0.239 e. The average Bonchev–Trinajstić information content (AvgIpc) is 2.70. The third kappa shape index (κ3) is 4.22. The Balaban J connectivity index is 1.96. The van der Waals surface area contributed by atoms with Gasteiger partial charge in [-0.25, -0.2) is 0 Å². The molecule has 0 radical (unpaired) electrons. The van der Waals surface area contributed by atoms with Crippen LogP contribution in [0.3, 0.4) is 0 Å². The largest absolute Gasteiger partial charge is 0.303 e. The standard InChI is InChI=1S/C13H12ClN3OS/c1-9(14)7-11-12(18)16-13(19-11)17-15-8-10-5-3-2-4-6-10/h2-6,8,11H,1,7H2,(H,16,17,18)/b15-8+. The first-order chi connectivity index (χ1) is 9.15. The number of thioether (sulfide) groups is 1. The number of allylic oxidation sites excluding steroid dienone is 1. The lowest BCUT2D eigenvalue weighted by molar-refractivity contribution is -0.118. The zero-order chi connectivity index (χ0) is 13.7. The number of hydrogen-bond donors (Lipinski definition) is 1. The van der Waals surface area contributed by atoms with Gasteiger partial charge in [0.1, 0.15) is 0 Å². The van der Waals surface area contributed by atoms with Crippen LogP contribution in [0, 0.1) is 0 Å². The lowest BCUT2D eigenvalue weighted by Crippen LogP contribution is -2.24. The van der Waals surface area contributed by atoms with Gasteiger partial charge in [-0.1, -0.05) is 60.3 Å². The Hall–Kier alpha value is -1.59. The van der Waals surface area contributed by atoms with Crippen LogP contribution >= 0.6 is 23.4 Å². The van der Waals surface area contributed by atoms with Crippen molar-refractivity contribution in [3.63, 3.8) is 0 Å². The summed E-state index contributed by atoms with van der Waals surface area (Å²) < 4.78 is 0. The second kappa shape index (κ2) is 6.54. The third-order valence-electron chi connectivity index (χ3n) is 2.34. The van der Waals surface area contributed by atoms with Crippen LogP contribution in [-0.4, -0.2) is 22.5 Å². The van der Waals surface area contributed by atoms with Crippen molar-refractivity contribution in [1.82, 2.24) is 5.32 Å². The van der Waals surface area contributed by atoms with E-state index in [0.717, 1.165) is 5.56 Å². The summed E-state index contributed by atoms with van der Waals surface area (Å²) in [6.07, 6.45) is 2.06. The van der Waals surface area contributed by atoms with Crippen molar-refractivity contribution in [2.45, 2.75) is 11.7 Å². The fourth-order valence-corrected chi connectivity index (χ4v) is 2.69. The summed E-state index contributed by atoms with van der Waals surface area (Å²) in [5.41, 5.74) is 0.951. The molecule has 1 fully saturated rings. The first kappa shape index (κ1) is 13.8. The van der Waals surface area contributed by atoms with Gasteiger partial charge in [-0.3, -0.25) is 4.79 Å². The van der Waals surface area contributed by atoms with Gasteiger partial charge in [0.05, 0.1) is 11.5 Å². The molecule has 1 heterocycles. The van der Waals surface area contributed by atoms with E-state index in [1.165, 1.54) is 11.8 Å². The van der Waals surface area contributed by atoms with Crippen LogP contribution in [0.1, 0.15) is 12.0 Å². The fraction of sp³-hybridized carbons (Fsp3) is 0.154. The highest BCUT2D eigenvalue weighted by molar-refractivity contribution is 8.15. The molecule has 1 atom stereocenters. The van der Waals surface area contributed by atoms with E-state index in [1.807, 2.05) is 30.3 Å². The second-order valence-electron chi connectivity index (χ2n) is 3.88. The normalized spacial score (nSPS) is 21.0. The number of halogens is 1. The number of benzene rings is 1. The molecular formula is C13H12ClN3OS. The summed E-state index contributed by atoms with van der Waals surface area (Å²) in [6.45, 7) is 3.58. The number of carbonyl (C=O) groups is 1. The molecule has 0 bridgehead atoms. The van der Waals surface area contributed by atoms with Crippen LogP contribution in [0.2, 0.25) is 0 Å². The minimum absolute atomic E-state index is 0.111. The Morgan fingerprint density at radius 2 is 2.21 bits per heavy atom. The summed E-state index contributed by atoms with van der Waals surface area (Å²) >= 11 is 7.01. The molecule has 1 unspecified atom stereocenters. The van der Waals surface area contributed by atoms with Crippen molar-refractivity contribution < 1.29 is 4.79 Å². The summed E-state index contributed by atoms with van der Waals surface area (Å²) in [4.78, 5) is 11.6. The number of nitrogens with one attached hydrogen (secondary N) is 1. The molecule has 0 aliphatic carbocycles. The summed E-state index contributed by atoms with van der Waals surface area (Å²) in [5, 5.41) is 11.2. The molecule has 1 N–H and O–H groups in total. The van der Waals surface area contributed by atoms with Crippen molar-refractivity contribution in [1.29, 1.82) is 0 Å². The molecule has 2 rings (SSSR count). The van der Waals surface area contributed by atoms with Gasteiger partial charge in [0, 0.05) is 11.5 Å². The zero-order valence-corrected chi connectivity index (χ0v) is 11.6. The summed E-state index contributed by atoms with van der Waals surface area (Å²) in [5.74, 6) is -0.111. The second-order valence-corrected chi connectivity index (χ2v) is 5.60. The van der Waals surface area contributed by atoms with E-state index < -0.39 is 0 Å². The minimum atomic E-state index is -0.268. The van der Waals surface area contributed by atoms with Crippen molar-refractivity contribution >= 4 is 40.7 Å². The fourth-order valence-electron chi connectivity index (χ4n) is 1.47. The first-order valence-corrected chi connectivity index (χ1v) is 6.88. The number of nitrogens with zero attached hydrogens (tertiary/aromatic N) is 2. The van der Waals surface area contributed by atoms with E-state index >= 15 is 0 Å². The topological polar surface area (TPSA) is 53.8 Å². The maximum absolute atomic E-state index is 11.6. The first-order valence-electron chi connectivity index (χ1n) is 5.62. The number of carbonyl (C=O) groups excluding carboxylic acids is 1. The Morgan fingerprint density at radius 1 is 1.47 bits per heavy atom. The zero-order valence-electron chi connectivity index (χ0n) is 10.0. The Morgan fingerprint density at radius 3 is 2.89 bits per heavy atom. The predicted octanol–water partition coefficient (Wildman–Crippen LogP) is 2.75. The van der Waals surface area contributed by atoms with Crippen molar-refractivity contribution in [2.75, 3.05) is 0 Å². The predicted molar refractivity (Wildman–Crippen MR) is 80.6 cm³/mol. The number of rotatable bonds is 4. The summed E-state index contributed by atoms with van der Waals surface area (Å²) in [7, 11) is 0. The molecule has 6 heteroatoms. The molecule has 1 aromatic rings. The van der Waals surface area contributed by atoms with Gasteiger partial charge in [-0.2, -0.15) is 5.10 Å². The van der Waals surface area contributed by atoms with E-state index in [0.29, 0.717) is 16.6 Å². The molecule has 1 amide bonds. The molecule has 0 spiro atoms. The van der Waals surface area contributed by atoms with Crippen molar-refractivity contribution in [2.24, 2.45) is 10.2 Å². The monoisotopic (exact) mass is 293 g/mol.